The highest BCUT2D eigenvalue weighted by Crippen LogP contribution is 2.27. The molecule has 1 fully saturated rings. The summed E-state index contributed by atoms with van der Waals surface area (Å²) in [5.74, 6) is 0.361. The Morgan fingerprint density at radius 3 is 2.44 bits per heavy atom. The molecule has 16 heavy (non-hydrogen) atoms. The van der Waals surface area contributed by atoms with Gasteiger partial charge < -0.3 is 16.4 Å². The molecule has 5 nitrogen and oxygen atoms in total. The Kier molecular flexibility index (Phi) is 7.08. The molecule has 1 rings (SSSR count). The first-order chi connectivity index (χ1) is 7.08. The van der Waals surface area contributed by atoms with Gasteiger partial charge in [-0.25, -0.2) is 0 Å². The maximum Gasteiger partial charge on any atom is 0.239 e. The van der Waals surface area contributed by atoms with E-state index in [0.717, 1.165) is 6.54 Å². The van der Waals surface area contributed by atoms with Gasteiger partial charge in [-0.3, -0.25) is 9.59 Å². The molecule has 0 saturated heterocycles. The van der Waals surface area contributed by atoms with E-state index in [9.17, 15) is 9.59 Å². The molecule has 4 N–H and O–H groups in total. The summed E-state index contributed by atoms with van der Waals surface area (Å²) < 4.78 is 0. The molecule has 1 unspecified atom stereocenters. The lowest BCUT2D eigenvalue weighted by Gasteiger charge is -2.07. The molecular formula is C10H20ClN3O2. The number of hydrogen-bond acceptors (Lipinski definition) is 3. The lowest BCUT2D eigenvalue weighted by molar-refractivity contribution is -0.126. The van der Waals surface area contributed by atoms with Crippen LogP contribution in [-0.2, 0) is 9.59 Å². The average molecular weight is 250 g/mol. The Labute approximate surface area is 102 Å². The van der Waals surface area contributed by atoms with Crippen LogP contribution in [0.15, 0.2) is 0 Å². The number of halogens is 1. The van der Waals surface area contributed by atoms with Crippen LogP contribution in [0.5, 0.6) is 0 Å². The van der Waals surface area contributed by atoms with Crippen molar-refractivity contribution in [1.82, 2.24) is 10.6 Å². The van der Waals surface area contributed by atoms with Crippen molar-refractivity contribution in [2.24, 2.45) is 11.7 Å². The van der Waals surface area contributed by atoms with Crippen molar-refractivity contribution in [1.29, 1.82) is 0 Å². The molecule has 0 aliphatic heterocycles. The van der Waals surface area contributed by atoms with Gasteiger partial charge in [0, 0.05) is 19.0 Å². The molecule has 2 amide bonds. The van der Waals surface area contributed by atoms with Gasteiger partial charge in [0.1, 0.15) is 0 Å². The van der Waals surface area contributed by atoms with Crippen LogP contribution in [0.4, 0.5) is 0 Å². The van der Waals surface area contributed by atoms with Gasteiger partial charge in [0.25, 0.3) is 0 Å². The van der Waals surface area contributed by atoms with E-state index in [1.165, 1.54) is 12.8 Å². The summed E-state index contributed by atoms with van der Waals surface area (Å²) in [5, 5.41) is 5.30. The summed E-state index contributed by atoms with van der Waals surface area (Å²) in [4.78, 5) is 22.3. The molecule has 0 spiro atoms. The first kappa shape index (κ1) is 15.2. The van der Waals surface area contributed by atoms with Crippen molar-refractivity contribution in [3.05, 3.63) is 0 Å². The first-order valence-corrected chi connectivity index (χ1v) is 5.37. The second-order valence-electron chi connectivity index (χ2n) is 4.21. The normalized spacial score (nSPS) is 15.9. The molecule has 0 bridgehead atoms. The van der Waals surface area contributed by atoms with Gasteiger partial charge in [0.05, 0.1) is 6.54 Å². The van der Waals surface area contributed by atoms with Crippen LogP contribution in [-0.4, -0.2) is 30.9 Å². The SMILES string of the molecule is CC(N)CC(=O)NCC(=O)NCC1CC1.Cl. The topological polar surface area (TPSA) is 84.2 Å². The van der Waals surface area contributed by atoms with E-state index in [2.05, 4.69) is 10.6 Å². The molecule has 0 aromatic carbocycles. The smallest absolute Gasteiger partial charge is 0.239 e. The van der Waals surface area contributed by atoms with Crippen LogP contribution in [0.25, 0.3) is 0 Å². The lowest BCUT2D eigenvalue weighted by atomic mass is 10.2. The minimum Gasteiger partial charge on any atom is -0.354 e. The molecule has 0 heterocycles. The van der Waals surface area contributed by atoms with E-state index < -0.39 is 0 Å². The van der Waals surface area contributed by atoms with Crippen LogP contribution in [0.2, 0.25) is 0 Å². The molecule has 0 radical (unpaired) electrons. The van der Waals surface area contributed by atoms with E-state index in [0.29, 0.717) is 5.92 Å². The monoisotopic (exact) mass is 249 g/mol. The Morgan fingerprint density at radius 1 is 1.31 bits per heavy atom. The van der Waals surface area contributed by atoms with Crippen molar-refractivity contribution in [3.8, 4) is 0 Å². The Bertz CT molecular complexity index is 242. The molecule has 0 aromatic rings. The fraction of sp³-hybridized carbons (Fsp3) is 0.800. The van der Waals surface area contributed by atoms with Crippen molar-refractivity contribution in [3.63, 3.8) is 0 Å². The van der Waals surface area contributed by atoms with Crippen molar-refractivity contribution in [2.45, 2.75) is 32.2 Å². The van der Waals surface area contributed by atoms with E-state index >= 15 is 0 Å². The zero-order chi connectivity index (χ0) is 11.3. The van der Waals surface area contributed by atoms with Crippen molar-refractivity contribution < 1.29 is 9.59 Å². The fourth-order valence-corrected chi connectivity index (χ4v) is 1.19. The van der Waals surface area contributed by atoms with Gasteiger partial charge >= 0.3 is 0 Å². The van der Waals surface area contributed by atoms with E-state index in [1.807, 2.05) is 0 Å². The number of nitrogens with two attached hydrogens (primary N) is 1. The Morgan fingerprint density at radius 2 is 1.94 bits per heavy atom. The summed E-state index contributed by atoms with van der Waals surface area (Å²) >= 11 is 0. The molecule has 1 aliphatic rings. The minimum absolute atomic E-state index is 0. The first-order valence-electron chi connectivity index (χ1n) is 5.37. The Balaban J connectivity index is 0.00000225. The van der Waals surface area contributed by atoms with Crippen LogP contribution < -0.4 is 16.4 Å². The van der Waals surface area contributed by atoms with E-state index in [1.54, 1.807) is 6.92 Å². The fourth-order valence-electron chi connectivity index (χ4n) is 1.19. The minimum atomic E-state index is -0.174. The second-order valence-corrected chi connectivity index (χ2v) is 4.21. The summed E-state index contributed by atoms with van der Waals surface area (Å²) in [6.07, 6.45) is 2.67. The van der Waals surface area contributed by atoms with E-state index in [-0.39, 0.29) is 43.2 Å². The largest absolute Gasteiger partial charge is 0.354 e. The van der Waals surface area contributed by atoms with Gasteiger partial charge in [-0.1, -0.05) is 0 Å². The number of nitrogens with one attached hydrogen (secondary N) is 2. The Hall–Kier alpha value is -0.810. The quantitative estimate of drug-likeness (QED) is 0.609. The zero-order valence-electron chi connectivity index (χ0n) is 9.49. The molecule has 6 heteroatoms. The van der Waals surface area contributed by atoms with Crippen LogP contribution >= 0.6 is 12.4 Å². The molecule has 1 atom stereocenters. The predicted molar refractivity (Wildman–Crippen MR) is 64.3 cm³/mol. The molecular weight excluding hydrogens is 230 g/mol. The standard InChI is InChI=1S/C10H19N3O2.ClH/c1-7(11)4-9(14)13-6-10(15)12-5-8-2-3-8;/h7-8H,2-6,11H2,1H3,(H,12,15)(H,13,14);1H. The van der Waals surface area contributed by atoms with Gasteiger partial charge in [-0.15, -0.1) is 12.4 Å². The van der Waals surface area contributed by atoms with Crippen molar-refractivity contribution >= 4 is 24.2 Å². The highest BCUT2D eigenvalue weighted by atomic mass is 35.5. The van der Waals surface area contributed by atoms with Gasteiger partial charge in [-0.05, 0) is 25.7 Å². The summed E-state index contributed by atoms with van der Waals surface area (Å²) in [5.41, 5.74) is 5.44. The third kappa shape index (κ3) is 7.48. The average Bonchev–Trinajstić information content (AvgIpc) is 2.93. The summed E-state index contributed by atoms with van der Waals surface area (Å²) in [6, 6.07) is -0.167. The molecule has 1 saturated carbocycles. The summed E-state index contributed by atoms with van der Waals surface area (Å²) in [7, 11) is 0. The number of carbonyl (C=O) groups excluding carboxylic acids is 2. The number of carbonyl (C=O) groups is 2. The molecule has 94 valence electrons. The third-order valence-electron chi connectivity index (χ3n) is 2.24. The van der Waals surface area contributed by atoms with Crippen molar-refractivity contribution in [2.75, 3.05) is 13.1 Å². The van der Waals surface area contributed by atoms with E-state index in [4.69, 9.17) is 5.73 Å². The molecule has 0 aromatic heterocycles. The van der Waals surface area contributed by atoms with Crippen LogP contribution in [0, 0.1) is 5.92 Å². The number of amides is 2. The third-order valence-corrected chi connectivity index (χ3v) is 2.24. The lowest BCUT2D eigenvalue weighted by Crippen LogP contribution is -2.39. The van der Waals surface area contributed by atoms with Gasteiger partial charge in [0.2, 0.25) is 11.8 Å². The predicted octanol–water partition coefficient (Wildman–Crippen LogP) is -0.212. The summed E-state index contributed by atoms with van der Waals surface area (Å²) in [6.45, 7) is 2.55. The number of rotatable bonds is 6. The number of hydrogen-bond donors (Lipinski definition) is 3. The van der Waals surface area contributed by atoms with Crippen LogP contribution in [0.1, 0.15) is 26.2 Å². The zero-order valence-corrected chi connectivity index (χ0v) is 10.3. The molecule has 1 aliphatic carbocycles. The van der Waals surface area contributed by atoms with Gasteiger partial charge in [0.15, 0.2) is 0 Å². The van der Waals surface area contributed by atoms with Crippen LogP contribution in [0.3, 0.4) is 0 Å². The highest BCUT2D eigenvalue weighted by molar-refractivity contribution is 5.85. The highest BCUT2D eigenvalue weighted by Gasteiger charge is 2.21. The maximum atomic E-state index is 11.2. The second kappa shape index (κ2) is 7.46. The van der Waals surface area contributed by atoms with Gasteiger partial charge in [-0.2, -0.15) is 0 Å². The maximum absolute atomic E-state index is 11.2.